The minimum Gasteiger partial charge on any atom is -0.167 e. The molecule has 2 aromatic heterocycles. The maximum atomic E-state index is 2.20. The summed E-state index contributed by atoms with van der Waals surface area (Å²) < 4.78 is 4.40. The van der Waals surface area contributed by atoms with Gasteiger partial charge in [-0.05, 0) is 38.8 Å². The van der Waals surface area contributed by atoms with Crippen LogP contribution in [0.5, 0.6) is 0 Å². The number of hydrogen-bond donors (Lipinski definition) is 0. The number of para-hydroxylation sites is 2. The fourth-order valence-electron chi connectivity index (χ4n) is 3.96. The predicted molar refractivity (Wildman–Crippen MR) is 114 cm³/mol. The molecule has 0 fully saturated rings. The van der Waals surface area contributed by atoms with Gasteiger partial charge in [0.2, 0.25) is 11.4 Å². The van der Waals surface area contributed by atoms with E-state index in [0.717, 1.165) is 0 Å². The van der Waals surface area contributed by atoms with Gasteiger partial charge in [0.25, 0.3) is 0 Å². The van der Waals surface area contributed by atoms with E-state index < -0.39 is 0 Å². The molecule has 28 heavy (non-hydrogen) atoms. The molecule has 0 saturated heterocycles. The van der Waals surface area contributed by atoms with Crippen molar-refractivity contribution in [2.45, 2.75) is 27.7 Å². The van der Waals surface area contributed by atoms with Crippen LogP contribution in [0.1, 0.15) is 22.3 Å². The van der Waals surface area contributed by atoms with Crippen molar-refractivity contribution in [3.63, 3.8) is 0 Å². The van der Waals surface area contributed by atoms with Crippen molar-refractivity contribution in [1.82, 2.24) is 0 Å². The Morgan fingerprint density at radius 1 is 0.429 bits per heavy atom. The van der Waals surface area contributed by atoms with E-state index in [-0.39, 0.29) is 0 Å². The molecule has 0 aliphatic rings. The van der Waals surface area contributed by atoms with Crippen molar-refractivity contribution in [2.24, 2.45) is 0 Å². The number of nitrogens with zero attached hydrogens (tertiary/aromatic N) is 2. The summed E-state index contributed by atoms with van der Waals surface area (Å²) in [4.78, 5) is 0. The van der Waals surface area contributed by atoms with E-state index in [0.29, 0.717) is 0 Å². The number of aromatic nitrogens is 2. The highest BCUT2D eigenvalue weighted by Crippen LogP contribution is 2.19. The second-order valence-corrected chi connectivity index (χ2v) is 7.47. The summed E-state index contributed by atoms with van der Waals surface area (Å²) in [5.74, 6) is 0. The zero-order valence-corrected chi connectivity index (χ0v) is 17.0. The summed E-state index contributed by atoms with van der Waals surface area (Å²) in [6, 6.07) is 21.6. The van der Waals surface area contributed by atoms with Gasteiger partial charge in [-0.15, -0.1) is 0 Å². The van der Waals surface area contributed by atoms with Crippen molar-refractivity contribution < 1.29 is 9.13 Å². The molecule has 0 bridgehead atoms. The van der Waals surface area contributed by atoms with E-state index in [1.54, 1.807) is 0 Å². The summed E-state index contributed by atoms with van der Waals surface area (Å²) in [5.41, 5.74) is 10.1. The molecule has 0 N–H and O–H groups in total. The zero-order chi connectivity index (χ0) is 19.7. The van der Waals surface area contributed by atoms with Crippen molar-refractivity contribution in [3.8, 4) is 22.5 Å². The molecule has 4 rings (SSSR count). The lowest BCUT2D eigenvalue weighted by molar-refractivity contribution is -0.597. The van der Waals surface area contributed by atoms with Crippen molar-refractivity contribution in [1.29, 1.82) is 0 Å². The Labute approximate surface area is 167 Å². The SMILES string of the molecule is Cc1cccc(C)c1-[n+]1ccc(-c2cc[n+](-c3c(C)cccc3C)cc2)cc1. The molecule has 0 atom stereocenters. The van der Waals surface area contributed by atoms with Crippen LogP contribution in [0.15, 0.2) is 85.5 Å². The third-order valence-electron chi connectivity index (χ3n) is 5.39. The molecule has 0 amide bonds. The Morgan fingerprint density at radius 2 is 0.714 bits per heavy atom. The van der Waals surface area contributed by atoms with Gasteiger partial charge in [0.15, 0.2) is 24.8 Å². The molecule has 2 aromatic carbocycles. The van der Waals surface area contributed by atoms with Gasteiger partial charge in [0, 0.05) is 46.5 Å². The maximum Gasteiger partial charge on any atom is 0.216 e. The van der Waals surface area contributed by atoms with Gasteiger partial charge >= 0.3 is 0 Å². The molecular formula is C26H26N2+2. The average Bonchev–Trinajstić information content (AvgIpc) is 2.69. The molecular weight excluding hydrogens is 340 g/mol. The molecule has 0 aliphatic carbocycles. The van der Waals surface area contributed by atoms with Gasteiger partial charge < -0.3 is 0 Å². The molecule has 0 unspecified atom stereocenters. The number of aryl methyl sites for hydroxylation is 4. The van der Waals surface area contributed by atoms with E-state index in [2.05, 4.69) is 122 Å². The third-order valence-corrected chi connectivity index (χ3v) is 5.39. The van der Waals surface area contributed by atoms with E-state index in [1.807, 2.05) is 0 Å². The standard InChI is InChI=1S/C26H26N2/c1-19-7-5-8-20(2)25(19)27-15-11-23(12-16-27)24-13-17-28(18-14-24)26-21(3)9-6-10-22(26)4/h5-18H,1-4H3/q+2. The molecule has 2 heterocycles. The Balaban J connectivity index is 1.65. The second kappa shape index (κ2) is 7.40. The van der Waals surface area contributed by atoms with Crippen LogP contribution in [-0.4, -0.2) is 0 Å². The van der Waals surface area contributed by atoms with Crippen LogP contribution in [0.25, 0.3) is 22.5 Å². The van der Waals surface area contributed by atoms with Crippen LogP contribution in [-0.2, 0) is 0 Å². The van der Waals surface area contributed by atoms with Crippen LogP contribution in [0.4, 0.5) is 0 Å². The molecule has 2 nitrogen and oxygen atoms in total. The highest BCUT2D eigenvalue weighted by atomic mass is 14.9. The second-order valence-electron chi connectivity index (χ2n) is 7.47. The molecule has 2 heteroatoms. The predicted octanol–water partition coefficient (Wildman–Crippen LogP) is 5.14. The monoisotopic (exact) mass is 366 g/mol. The lowest BCUT2D eigenvalue weighted by Gasteiger charge is -2.06. The van der Waals surface area contributed by atoms with Gasteiger partial charge in [-0.2, -0.15) is 9.13 Å². The van der Waals surface area contributed by atoms with Crippen molar-refractivity contribution >= 4 is 0 Å². The molecule has 0 saturated carbocycles. The highest BCUT2D eigenvalue weighted by Gasteiger charge is 2.15. The van der Waals surface area contributed by atoms with Gasteiger partial charge in [-0.3, -0.25) is 0 Å². The van der Waals surface area contributed by atoms with Crippen LogP contribution >= 0.6 is 0 Å². The normalized spacial score (nSPS) is 10.9. The molecule has 4 aromatic rings. The average molecular weight is 367 g/mol. The zero-order valence-electron chi connectivity index (χ0n) is 17.0. The first-order chi connectivity index (χ1) is 13.5. The summed E-state index contributed by atoms with van der Waals surface area (Å²) in [5, 5.41) is 0. The minimum atomic E-state index is 1.22. The number of hydrogen-bond acceptors (Lipinski definition) is 0. The van der Waals surface area contributed by atoms with E-state index >= 15 is 0 Å². The summed E-state index contributed by atoms with van der Waals surface area (Å²) in [6.45, 7) is 8.64. The van der Waals surface area contributed by atoms with E-state index in [1.165, 1.54) is 44.8 Å². The van der Waals surface area contributed by atoms with Gasteiger partial charge in [0.1, 0.15) is 0 Å². The lowest BCUT2D eigenvalue weighted by atomic mass is 10.1. The summed E-state index contributed by atoms with van der Waals surface area (Å²) in [6.07, 6.45) is 8.60. The van der Waals surface area contributed by atoms with Crippen molar-refractivity contribution in [2.75, 3.05) is 0 Å². The topological polar surface area (TPSA) is 7.76 Å². The van der Waals surface area contributed by atoms with Gasteiger partial charge in [-0.25, -0.2) is 0 Å². The Morgan fingerprint density at radius 3 is 1.00 bits per heavy atom. The number of rotatable bonds is 3. The van der Waals surface area contributed by atoms with E-state index in [9.17, 15) is 0 Å². The largest absolute Gasteiger partial charge is 0.216 e. The Hall–Kier alpha value is -3.26. The molecule has 0 aliphatic heterocycles. The summed E-state index contributed by atoms with van der Waals surface area (Å²) >= 11 is 0. The van der Waals surface area contributed by atoms with Crippen LogP contribution in [0.2, 0.25) is 0 Å². The van der Waals surface area contributed by atoms with Crippen LogP contribution in [0, 0.1) is 27.7 Å². The maximum absolute atomic E-state index is 2.20. The lowest BCUT2D eigenvalue weighted by Crippen LogP contribution is -2.32. The number of pyridine rings is 2. The number of benzene rings is 2. The van der Waals surface area contributed by atoms with E-state index in [4.69, 9.17) is 0 Å². The third kappa shape index (κ3) is 3.34. The fraction of sp³-hybridized carbons (Fsp3) is 0.154. The van der Waals surface area contributed by atoms with Gasteiger partial charge in [-0.1, -0.05) is 36.4 Å². The van der Waals surface area contributed by atoms with Gasteiger partial charge in [0.05, 0.1) is 0 Å². The quantitative estimate of drug-likeness (QED) is 0.444. The van der Waals surface area contributed by atoms with Crippen LogP contribution < -0.4 is 9.13 Å². The smallest absolute Gasteiger partial charge is 0.167 e. The fourth-order valence-corrected chi connectivity index (χ4v) is 3.96. The minimum absolute atomic E-state index is 1.22. The molecule has 0 radical (unpaired) electrons. The Bertz CT molecular complexity index is 991. The van der Waals surface area contributed by atoms with Crippen molar-refractivity contribution in [3.05, 3.63) is 108 Å². The molecule has 138 valence electrons. The summed E-state index contributed by atoms with van der Waals surface area (Å²) in [7, 11) is 0. The van der Waals surface area contributed by atoms with Crippen LogP contribution in [0.3, 0.4) is 0 Å². The first-order valence-corrected chi connectivity index (χ1v) is 9.71. The Kier molecular flexibility index (Phi) is 4.79. The highest BCUT2D eigenvalue weighted by molar-refractivity contribution is 5.61. The molecule has 0 spiro atoms. The first kappa shape index (κ1) is 18.1. The first-order valence-electron chi connectivity index (χ1n) is 9.71.